The van der Waals surface area contributed by atoms with Gasteiger partial charge in [-0.1, -0.05) is 37.3 Å². The molecule has 0 atom stereocenters. The highest BCUT2D eigenvalue weighted by atomic mass is 32.2. The molecule has 0 aliphatic carbocycles. The van der Waals surface area contributed by atoms with Crippen molar-refractivity contribution in [3.05, 3.63) is 52.0 Å². The average molecular weight is 383 g/mol. The van der Waals surface area contributed by atoms with Crippen molar-refractivity contribution in [1.82, 2.24) is 19.7 Å². The van der Waals surface area contributed by atoms with Gasteiger partial charge in [0.15, 0.2) is 0 Å². The normalized spacial score (nSPS) is 11.4. The van der Waals surface area contributed by atoms with E-state index >= 15 is 0 Å². The van der Waals surface area contributed by atoms with Crippen LogP contribution in [0.4, 0.5) is 0 Å². The molecule has 2 aromatic rings. The number of hydrogen-bond donors (Lipinski definition) is 3. The Labute approximate surface area is 152 Å². The summed E-state index contributed by atoms with van der Waals surface area (Å²) in [7, 11) is -3.82. The molecule has 0 fully saturated rings. The topological polar surface area (TPSA) is 100 Å². The maximum atomic E-state index is 11.9. The van der Waals surface area contributed by atoms with E-state index in [1.54, 1.807) is 12.3 Å². The van der Waals surface area contributed by atoms with Gasteiger partial charge in [0.25, 0.3) is 5.91 Å². The van der Waals surface area contributed by atoms with Gasteiger partial charge < -0.3 is 5.32 Å². The van der Waals surface area contributed by atoms with E-state index in [0.29, 0.717) is 6.54 Å². The molecule has 0 radical (unpaired) electrons. The van der Waals surface area contributed by atoms with E-state index < -0.39 is 16.1 Å². The maximum absolute atomic E-state index is 11.9. The lowest BCUT2D eigenvalue weighted by Gasteiger charge is -2.04. The Hall–Kier alpha value is -1.81. The van der Waals surface area contributed by atoms with Crippen LogP contribution in [0, 0.1) is 0 Å². The first-order valence-corrected chi connectivity index (χ1v) is 10.4. The summed E-state index contributed by atoms with van der Waals surface area (Å²) < 4.78 is 27.1. The van der Waals surface area contributed by atoms with Gasteiger partial charge in [-0.3, -0.25) is 4.79 Å². The number of nitrogens with zero attached hydrogens (tertiary/aromatic N) is 1. The lowest BCUT2D eigenvalue weighted by molar-refractivity contribution is 0.0976. The lowest BCUT2D eigenvalue weighted by Crippen LogP contribution is -2.40. The Balaban J connectivity index is 1.73. The highest BCUT2D eigenvalue weighted by Gasteiger charge is 2.17. The molecule has 3 N–H and O–H groups in total. The predicted octanol–water partition coefficient (Wildman–Crippen LogP) is 1.45. The zero-order valence-corrected chi connectivity index (χ0v) is 15.6. The van der Waals surface area contributed by atoms with Gasteiger partial charge in [0.2, 0.25) is 0 Å². The van der Waals surface area contributed by atoms with Crippen LogP contribution in [0.25, 0.3) is 0 Å². The SMILES string of the molecule is CCNS(=O)(=O)NC(=O)c1csc(CNCCCc2ccccc2)n1. The second-order valence-corrected chi connectivity index (χ2v) is 7.77. The first-order chi connectivity index (χ1) is 12.0. The van der Waals surface area contributed by atoms with Crippen LogP contribution in [-0.4, -0.2) is 32.4 Å². The van der Waals surface area contributed by atoms with Gasteiger partial charge in [-0.05, 0) is 24.9 Å². The third-order valence-corrected chi connectivity index (χ3v) is 5.26. The van der Waals surface area contributed by atoms with Crippen LogP contribution in [0.15, 0.2) is 35.7 Å². The summed E-state index contributed by atoms with van der Waals surface area (Å²) in [6, 6.07) is 10.3. The molecule has 1 aromatic heterocycles. The van der Waals surface area contributed by atoms with E-state index in [1.165, 1.54) is 16.9 Å². The molecule has 2 rings (SSSR count). The fourth-order valence-corrected chi connectivity index (χ4v) is 3.70. The fourth-order valence-electron chi connectivity index (χ4n) is 2.15. The van der Waals surface area contributed by atoms with Gasteiger partial charge in [-0.25, -0.2) is 9.71 Å². The molecule has 0 bridgehead atoms. The second-order valence-electron chi connectivity index (χ2n) is 5.32. The largest absolute Gasteiger partial charge is 0.310 e. The zero-order valence-electron chi connectivity index (χ0n) is 14.0. The number of hydrogen-bond acceptors (Lipinski definition) is 6. The number of aromatic nitrogens is 1. The Morgan fingerprint density at radius 1 is 1.24 bits per heavy atom. The summed E-state index contributed by atoms with van der Waals surface area (Å²) in [5.41, 5.74) is 1.41. The van der Waals surface area contributed by atoms with E-state index in [1.807, 2.05) is 22.9 Å². The number of benzene rings is 1. The van der Waals surface area contributed by atoms with E-state index in [2.05, 4.69) is 27.2 Å². The summed E-state index contributed by atoms with van der Waals surface area (Å²) >= 11 is 1.32. The molecule has 1 aromatic carbocycles. The van der Waals surface area contributed by atoms with Gasteiger partial charge in [-0.2, -0.15) is 13.1 Å². The maximum Gasteiger partial charge on any atom is 0.301 e. The molecule has 25 heavy (non-hydrogen) atoms. The van der Waals surface area contributed by atoms with Crippen LogP contribution in [0.3, 0.4) is 0 Å². The first-order valence-electron chi connectivity index (χ1n) is 8.01. The Morgan fingerprint density at radius 2 is 2.00 bits per heavy atom. The van der Waals surface area contributed by atoms with Gasteiger partial charge in [0, 0.05) is 18.5 Å². The van der Waals surface area contributed by atoms with Crippen LogP contribution in [-0.2, 0) is 23.2 Å². The molecule has 7 nitrogen and oxygen atoms in total. The van der Waals surface area contributed by atoms with Crippen molar-refractivity contribution in [1.29, 1.82) is 0 Å². The van der Waals surface area contributed by atoms with Gasteiger partial charge in [0.05, 0.1) is 0 Å². The van der Waals surface area contributed by atoms with Crippen molar-refractivity contribution in [2.75, 3.05) is 13.1 Å². The monoisotopic (exact) mass is 382 g/mol. The smallest absolute Gasteiger partial charge is 0.301 e. The second kappa shape index (κ2) is 9.62. The summed E-state index contributed by atoms with van der Waals surface area (Å²) in [5, 5.41) is 5.57. The number of nitrogens with one attached hydrogen (secondary N) is 3. The molecule has 0 spiro atoms. The van der Waals surface area contributed by atoms with Crippen molar-refractivity contribution >= 4 is 27.5 Å². The molecule has 0 unspecified atom stereocenters. The van der Waals surface area contributed by atoms with E-state index in [0.717, 1.165) is 24.4 Å². The highest BCUT2D eigenvalue weighted by molar-refractivity contribution is 7.88. The molecule has 1 amide bonds. The predicted molar refractivity (Wildman–Crippen MR) is 98.6 cm³/mol. The summed E-state index contributed by atoms with van der Waals surface area (Å²) in [6.45, 7) is 3.23. The molecule has 0 saturated carbocycles. The number of thiazole rings is 1. The Morgan fingerprint density at radius 3 is 2.72 bits per heavy atom. The number of aryl methyl sites for hydroxylation is 1. The summed E-state index contributed by atoms with van der Waals surface area (Å²) in [5.74, 6) is -0.729. The average Bonchev–Trinajstić information content (AvgIpc) is 3.04. The summed E-state index contributed by atoms with van der Waals surface area (Å²) in [6.07, 6.45) is 2.01. The van der Waals surface area contributed by atoms with E-state index in [-0.39, 0.29) is 12.2 Å². The van der Waals surface area contributed by atoms with Crippen molar-refractivity contribution in [3.63, 3.8) is 0 Å². The molecule has 9 heteroatoms. The highest BCUT2D eigenvalue weighted by Crippen LogP contribution is 2.10. The molecule has 0 saturated heterocycles. The molecular formula is C16H22N4O3S2. The van der Waals surface area contributed by atoms with Crippen LogP contribution < -0.4 is 14.8 Å². The molecule has 0 aliphatic heterocycles. The Kier molecular flexibility index (Phi) is 7.51. The van der Waals surface area contributed by atoms with Crippen LogP contribution >= 0.6 is 11.3 Å². The van der Waals surface area contributed by atoms with Crippen LogP contribution in [0.2, 0.25) is 0 Å². The molecule has 136 valence electrons. The molecule has 0 aliphatic rings. The van der Waals surface area contributed by atoms with Gasteiger partial charge >= 0.3 is 10.2 Å². The van der Waals surface area contributed by atoms with E-state index in [4.69, 9.17) is 0 Å². The standard InChI is InChI=1S/C16H22N4O3S2/c1-2-18-25(22,23)20-16(21)14-12-24-15(19-14)11-17-10-6-9-13-7-4-3-5-8-13/h3-5,7-8,12,17-18H,2,6,9-11H2,1H3,(H,20,21). The number of amides is 1. The van der Waals surface area contributed by atoms with Crippen molar-refractivity contribution in [2.24, 2.45) is 0 Å². The van der Waals surface area contributed by atoms with Crippen LogP contribution in [0.5, 0.6) is 0 Å². The number of rotatable bonds is 10. The minimum absolute atomic E-state index is 0.104. The fraction of sp³-hybridized carbons (Fsp3) is 0.375. The lowest BCUT2D eigenvalue weighted by atomic mass is 10.1. The summed E-state index contributed by atoms with van der Waals surface area (Å²) in [4.78, 5) is 16.0. The third kappa shape index (κ3) is 6.91. The molecule has 1 heterocycles. The van der Waals surface area contributed by atoms with Gasteiger partial charge in [-0.15, -0.1) is 11.3 Å². The van der Waals surface area contributed by atoms with Gasteiger partial charge in [0.1, 0.15) is 10.7 Å². The third-order valence-electron chi connectivity index (χ3n) is 3.28. The first kappa shape index (κ1) is 19.5. The quantitative estimate of drug-likeness (QED) is 0.540. The number of carbonyl (C=O) groups excluding carboxylic acids is 1. The van der Waals surface area contributed by atoms with Crippen molar-refractivity contribution < 1.29 is 13.2 Å². The van der Waals surface area contributed by atoms with E-state index in [9.17, 15) is 13.2 Å². The molecular weight excluding hydrogens is 360 g/mol. The number of carbonyl (C=O) groups is 1. The van der Waals surface area contributed by atoms with Crippen molar-refractivity contribution in [2.45, 2.75) is 26.3 Å². The Bertz CT molecular complexity index is 776. The van der Waals surface area contributed by atoms with Crippen LogP contribution in [0.1, 0.15) is 34.4 Å². The minimum atomic E-state index is -3.82. The zero-order chi connectivity index (χ0) is 18.1. The minimum Gasteiger partial charge on any atom is -0.310 e. The van der Waals surface area contributed by atoms with Crippen molar-refractivity contribution in [3.8, 4) is 0 Å².